The molecule has 0 saturated carbocycles. The number of dihydropyridines is 1. The molecule has 0 spiro atoms. The Balaban J connectivity index is 2.18. The van der Waals surface area contributed by atoms with Crippen LogP contribution in [0.5, 0.6) is 0 Å². The van der Waals surface area contributed by atoms with Gasteiger partial charge in [-0.1, -0.05) is 44.9 Å². The van der Waals surface area contributed by atoms with E-state index >= 15 is 0 Å². The summed E-state index contributed by atoms with van der Waals surface area (Å²) in [6.07, 6.45) is 15.0. The SMILES string of the molecule is COC1=C(OC(C)=O)C=CNC1(C)CCCCCCCCCCC(C)OC(C)=O. The lowest BCUT2D eigenvalue weighted by atomic mass is 9.89. The van der Waals surface area contributed by atoms with E-state index in [0.717, 1.165) is 25.7 Å². The van der Waals surface area contributed by atoms with Crippen LogP contribution in [0, 0.1) is 0 Å². The average molecular weight is 410 g/mol. The zero-order valence-electron chi connectivity index (χ0n) is 18.8. The highest BCUT2D eigenvalue weighted by Gasteiger charge is 2.34. The molecule has 0 amide bonds. The molecule has 1 aliphatic rings. The van der Waals surface area contributed by atoms with Gasteiger partial charge in [-0.3, -0.25) is 9.59 Å². The van der Waals surface area contributed by atoms with Crippen LogP contribution in [-0.4, -0.2) is 30.7 Å². The smallest absolute Gasteiger partial charge is 0.308 e. The van der Waals surface area contributed by atoms with Gasteiger partial charge in [0, 0.05) is 26.1 Å². The third kappa shape index (κ3) is 9.86. The van der Waals surface area contributed by atoms with Crippen molar-refractivity contribution in [1.82, 2.24) is 5.32 Å². The fourth-order valence-electron chi connectivity index (χ4n) is 3.77. The van der Waals surface area contributed by atoms with Crippen molar-refractivity contribution in [1.29, 1.82) is 0 Å². The summed E-state index contributed by atoms with van der Waals surface area (Å²) in [5, 5.41) is 3.36. The van der Waals surface area contributed by atoms with Gasteiger partial charge in [0.25, 0.3) is 0 Å². The molecule has 0 fully saturated rings. The van der Waals surface area contributed by atoms with Gasteiger partial charge in [-0.25, -0.2) is 0 Å². The molecule has 2 unspecified atom stereocenters. The number of allylic oxidation sites excluding steroid dienone is 1. The fourth-order valence-corrected chi connectivity index (χ4v) is 3.77. The van der Waals surface area contributed by atoms with Crippen molar-refractivity contribution < 1.29 is 23.8 Å². The Morgan fingerprint density at radius 3 is 2.14 bits per heavy atom. The van der Waals surface area contributed by atoms with E-state index < -0.39 is 0 Å². The highest BCUT2D eigenvalue weighted by Crippen LogP contribution is 2.31. The molecule has 1 aliphatic heterocycles. The minimum atomic E-state index is -0.354. The molecule has 6 nitrogen and oxygen atoms in total. The molecule has 1 rings (SSSR count). The predicted molar refractivity (Wildman–Crippen MR) is 114 cm³/mol. The molecule has 29 heavy (non-hydrogen) atoms. The van der Waals surface area contributed by atoms with Crippen LogP contribution in [0.15, 0.2) is 23.8 Å². The molecule has 1 heterocycles. The number of nitrogens with one attached hydrogen (secondary N) is 1. The van der Waals surface area contributed by atoms with Gasteiger partial charge >= 0.3 is 11.9 Å². The molecule has 1 N–H and O–H groups in total. The molecule has 166 valence electrons. The number of esters is 2. The first kappa shape index (κ1) is 25.1. The van der Waals surface area contributed by atoms with Crippen molar-refractivity contribution in [3.05, 3.63) is 23.8 Å². The van der Waals surface area contributed by atoms with Gasteiger partial charge in [0.15, 0.2) is 11.5 Å². The van der Waals surface area contributed by atoms with Gasteiger partial charge in [-0.05, 0) is 33.1 Å². The summed E-state index contributed by atoms with van der Waals surface area (Å²) < 4.78 is 16.0. The highest BCUT2D eigenvalue weighted by molar-refractivity contribution is 5.68. The second-order valence-electron chi connectivity index (χ2n) is 8.09. The van der Waals surface area contributed by atoms with Crippen LogP contribution < -0.4 is 5.32 Å². The number of hydrogen-bond donors (Lipinski definition) is 1. The monoisotopic (exact) mass is 409 g/mol. The lowest BCUT2D eigenvalue weighted by molar-refractivity contribution is -0.145. The third-order valence-electron chi connectivity index (χ3n) is 5.22. The first-order chi connectivity index (χ1) is 13.8. The number of rotatable bonds is 14. The number of methoxy groups -OCH3 is 1. The number of hydrogen-bond acceptors (Lipinski definition) is 6. The van der Waals surface area contributed by atoms with Crippen LogP contribution in [0.2, 0.25) is 0 Å². The van der Waals surface area contributed by atoms with Crippen molar-refractivity contribution in [2.45, 2.75) is 104 Å². The van der Waals surface area contributed by atoms with E-state index in [0.29, 0.717) is 11.5 Å². The predicted octanol–water partition coefficient (Wildman–Crippen LogP) is 5.14. The minimum Gasteiger partial charge on any atom is -0.495 e. The molecule has 0 radical (unpaired) electrons. The number of unbranched alkanes of at least 4 members (excludes halogenated alkanes) is 7. The molecular formula is C23H39NO5. The third-order valence-corrected chi connectivity index (χ3v) is 5.22. The number of carbonyl (C=O) groups excluding carboxylic acids is 2. The van der Waals surface area contributed by atoms with Gasteiger partial charge in [-0.2, -0.15) is 0 Å². The second-order valence-corrected chi connectivity index (χ2v) is 8.09. The minimum absolute atomic E-state index is 0.0320. The zero-order chi connectivity index (χ0) is 21.7. The molecule has 0 aliphatic carbocycles. The summed E-state index contributed by atoms with van der Waals surface area (Å²) in [6.45, 7) is 6.89. The van der Waals surface area contributed by atoms with Crippen LogP contribution in [0.1, 0.15) is 91.9 Å². The Hall–Kier alpha value is -1.98. The van der Waals surface area contributed by atoms with Crippen LogP contribution in [0.3, 0.4) is 0 Å². The standard InChI is InChI=1S/C23H39NO5/c1-18(28-19(2)25)14-12-10-8-6-7-9-11-13-16-23(4)22(27-5)21(15-17-24-23)29-20(3)26/h15,17-18,24H,6-14,16H2,1-5H3. The first-order valence-electron chi connectivity index (χ1n) is 10.9. The Kier molecular flexibility index (Phi) is 11.5. The normalized spacial score (nSPS) is 19.5. The van der Waals surface area contributed by atoms with E-state index in [9.17, 15) is 9.59 Å². The molecule has 0 aromatic heterocycles. The van der Waals surface area contributed by atoms with Gasteiger partial charge in [-0.15, -0.1) is 0 Å². The summed E-state index contributed by atoms with van der Waals surface area (Å²) >= 11 is 0. The summed E-state index contributed by atoms with van der Waals surface area (Å²) in [4.78, 5) is 22.2. The molecular weight excluding hydrogens is 370 g/mol. The highest BCUT2D eigenvalue weighted by atomic mass is 16.6. The van der Waals surface area contributed by atoms with E-state index in [-0.39, 0.29) is 23.6 Å². The van der Waals surface area contributed by atoms with Gasteiger partial charge in [0.05, 0.1) is 18.8 Å². The maximum atomic E-state index is 11.3. The molecule has 0 aromatic carbocycles. The first-order valence-corrected chi connectivity index (χ1v) is 10.9. The Labute approximate surface area is 176 Å². The van der Waals surface area contributed by atoms with Crippen molar-refractivity contribution in [3.63, 3.8) is 0 Å². The van der Waals surface area contributed by atoms with Gasteiger partial charge < -0.3 is 19.5 Å². The second kappa shape index (κ2) is 13.3. The molecule has 6 heteroatoms. The quantitative estimate of drug-likeness (QED) is 0.316. The maximum absolute atomic E-state index is 11.3. The van der Waals surface area contributed by atoms with E-state index in [2.05, 4.69) is 12.2 Å². The van der Waals surface area contributed by atoms with E-state index in [1.807, 2.05) is 13.1 Å². The van der Waals surface area contributed by atoms with E-state index in [1.165, 1.54) is 52.4 Å². The lowest BCUT2D eigenvalue weighted by Crippen LogP contribution is -2.44. The van der Waals surface area contributed by atoms with Crippen molar-refractivity contribution in [2.75, 3.05) is 7.11 Å². The summed E-state index contributed by atoms with van der Waals surface area (Å²) in [5.74, 6) is 0.633. The number of carbonyl (C=O) groups is 2. The molecule has 0 bridgehead atoms. The van der Waals surface area contributed by atoms with Crippen molar-refractivity contribution in [2.24, 2.45) is 0 Å². The van der Waals surface area contributed by atoms with Gasteiger partial charge in [0.2, 0.25) is 0 Å². The maximum Gasteiger partial charge on any atom is 0.308 e. The van der Waals surface area contributed by atoms with Crippen LogP contribution in [0.25, 0.3) is 0 Å². The topological polar surface area (TPSA) is 73.9 Å². The van der Waals surface area contributed by atoms with E-state index in [1.54, 1.807) is 13.2 Å². The summed E-state index contributed by atoms with van der Waals surface area (Å²) in [6, 6.07) is 0. The average Bonchev–Trinajstić information content (AvgIpc) is 2.62. The molecule has 0 aromatic rings. The summed E-state index contributed by atoms with van der Waals surface area (Å²) in [7, 11) is 1.62. The largest absolute Gasteiger partial charge is 0.495 e. The van der Waals surface area contributed by atoms with Crippen LogP contribution in [-0.2, 0) is 23.8 Å². The fraction of sp³-hybridized carbons (Fsp3) is 0.739. The number of ether oxygens (including phenoxy) is 3. The summed E-state index contributed by atoms with van der Waals surface area (Å²) in [5.41, 5.74) is -0.354. The van der Waals surface area contributed by atoms with Crippen molar-refractivity contribution in [3.8, 4) is 0 Å². The lowest BCUT2D eigenvalue weighted by Gasteiger charge is -2.35. The zero-order valence-corrected chi connectivity index (χ0v) is 18.8. The van der Waals surface area contributed by atoms with Gasteiger partial charge in [0.1, 0.15) is 0 Å². The van der Waals surface area contributed by atoms with E-state index in [4.69, 9.17) is 14.2 Å². The van der Waals surface area contributed by atoms with Crippen LogP contribution in [0.4, 0.5) is 0 Å². The Morgan fingerprint density at radius 2 is 1.59 bits per heavy atom. The van der Waals surface area contributed by atoms with Crippen LogP contribution >= 0.6 is 0 Å². The Morgan fingerprint density at radius 1 is 1.00 bits per heavy atom. The molecule has 2 atom stereocenters. The van der Waals surface area contributed by atoms with Crippen molar-refractivity contribution >= 4 is 11.9 Å². The molecule has 0 saturated heterocycles. The Bertz CT molecular complexity index is 584.